The zero-order valence-corrected chi connectivity index (χ0v) is 44.9. The molecule has 0 amide bonds. The van der Waals surface area contributed by atoms with E-state index in [0.717, 1.165) is 0 Å². The molecule has 2 aromatic rings. The Balaban J connectivity index is 1.46. The first kappa shape index (κ1) is 56.7. The van der Waals surface area contributed by atoms with Crippen molar-refractivity contribution in [3.63, 3.8) is 0 Å². The minimum Gasteiger partial charge on any atom is -0.459 e. The summed E-state index contributed by atoms with van der Waals surface area (Å²) in [7, 11) is 7.04. The fourth-order valence-corrected chi connectivity index (χ4v) is 11.7. The number of hydrogen-bond acceptors (Lipinski definition) is 16. The molecule has 2 unspecified atom stereocenters. The van der Waals surface area contributed by atoms with Crippen molar-refractivity contribution < 1.29 is 71.6 Å². The second-order valence-corrected chi connectivity index (χ2v) is 21.9. The van der Waals surface area contributed by atoms with Crippen LogP contribution in [0.2, 0.25) is 0 Å². The molecule has 2 bridgehead atoms. The summed E-state index contributed by atoms with van der Waals surface area (Å²) in [6, 6.07) is 17.2. The van der Waals surface area contributed by atoms with Gasteiger partial charge in [0.05, 0.1) is 65.3 Å². The lowest BCUT2D eigenvalue weighted by molar-refractivity contribution is -0.361. The highest BCUT2D eigenvalue weighted by Gasteiger charge is 2.58. The van der Waals surface area contributed by atoms with Gasteiger partial charge >= 0.3 is 17.9 Å². The van der Waals surface area contributed by atoms with Gasteiger partial charge < -0.3 is 62.1 Å². The SMILES string of the molecule is CC[C@H]1OC(=O)[C@H](C)[C@@H](OC2C[C@@](C)(OC)[C@@H](OC(=O)c3ccccc3)[C@H](C)O2)[C@H](C)[C@@H](OC2O[C@H](C)C[C@H](N(C)C)[C@H]2OC(=O)c2ccccc2)[C@](C)(OC)C[C@@H](C)[C@@H]2OC(C)(C)O[C@H]([C@H]2C)[C@]1(C)O. The lowest BCUT2D eigenvalue weighted by Crippen LogP contribution is -2.65. The van der Waals surface area contributed by atoms with Crippen LogP contribution < -0.4 is 0 Å². The Labute approximate surface area is 421 Å². The quantitative estimate of drug-likeness (QED) is 0.161. The molecule has 4 aliphatic rings. The molecule has 4 fully saturated rings. The smallest absolute Gasteiger partial charge is 0.338 e. The molecule has 0 radical (unpaired) electrons. The number of cyclic esters (lactones) is 1. The van der Waals surface area contributed by atoms with Crippen LogP contribution in [0.25, 0.3) is 0 Å². The third kappa shape index (κ3) is 12.5. The van der Waals surface area contributed by atoms with Crippen molar-refractivity contribution in [3.05, 3.63) is 71.8 Å². The van der Waals surface area contributed by atoms with Crippen LogP contribution in [-0.2, 0) is 56.9 Å². The number of hydrogen-bond donors (Lipinski definition) is 1. The Morgan fingerprint density at radius 1 is 0.732 bits per heavy atom. The van der Waals surface area contributed by atoms with E-state index in [1.54, 1.807) is 83.5 Å². The van der Waals surface area contributed by atoms with Crippen LogP contribution in [0.15, 0.2) is 60.7 Å². The first-order valence-corrected chi connectivity index (χ1v) is 25.5. The summed E-state index contributed by atoms with van der Waals surface area (Å²) in [4.78, 5) is 44.4. The van der Waals surface area contributed by atoms with Gasteiger partial charge in [-0.1, -0.05) is 64.1 Å². The Kier molecular flexibility index (Phi) is 18.3. The van der Waals surface area contributed by atoms with Gasteiger partial charge in [0.2, 0.25) is 0 Å². The Morgan fingerprint density at radius 2 is 1.30 bits per heavy atom. The fraction of sp³-hybridized carbons (Fsp3) is 0.727. The lowest BCUT2D eigenvalue weighted by Gasteiger charge is -2.54. The molecule has 19 atom stereocenters. The number of nitrogens with zero attached hydrogens (tertiary/aromatic N) is 1. The largest absolute Gasteiger partial charge is 0.459 e. The summed E-state index contributed by atoms with van der Waals surface area (Å²) >= 11 is 0. The predicted octanol–water partition coefficient (Wildman–Crippen LogP) is 7.76. The van der Waals surface area contributed by atoms with E-state index in [1.165, 1.54) is 0 Å². The van der Waals surface area contributed by atoms with Crippen molar-refractivity contribution in [1.29, 1.82) is 0 Å². The van der Waals surface area contributed by atoms with Gasteiger partial charge in [-0.3, -0.25) is 4.79 Å². The molecule has 0 spiro atoms. The minimum absolute atomic E-state index is 0.0962. The summed E-state index contributed by atoms with van der Waals surface area (Å²) in [6.07, 6.45) is -7.93. The number of methoxy groups -OCH3 is 2. The summed E-state index contributed by atoms with van der Waals surface area (Å²) in [5.41, 5.74) is -3.18. The maximum Gasteiger partial charge on any atom is 0.338 e. The summed E-state index contributed by atoms with van der Waals surface area (Å²) in [5.74, 6) is -5.19. The summed E-state index contributed by atoms with van der Waals surface area (Å²) in [5, 5.41) is 12.6. The number of aliphatic hydroxyl groups is 1. The van der Waals surface area contributed by atoms with E-state index in [2.05, 4.69) is 6.92 Å². The van der Waals surface area contributed by atoms with Crippen LogP contribution in [0.1, 0.15) is 129 Å². The monoisotopic (exact) mass is 998 g/mol. The number of rotatable bonds is 12. The van der Waals surface area contributed by atoms with Gasteiger partial charge in [0.25, 0.3) is 0 Å². The first-order chi connectivity index (χ1) is 33.3. The molecule has 16 nitrogen and oxygen atoms in total. The lowest BCUT2D eigenvalue weighted by atomic mass is 9.72. The van der Waals surface area contributed by atoms with E-state index in [1.807, 2.05) is 86.5 Å². The third-order valence-corrected chi connectivity index (χ3v) is 15.7. The average Bonchev–Trinajstić information content (AvgIpc) is 3.33. The normalized spacial score (nSPS) is 41.3. The fourth-order valence-electron chi connectivity index (χ4n) is 11.7. The van der Waals surface area contributed by atoms with Crippen LogP contribution in [0, 0.1) is 23.7 Å². The van der Waals surface area contributed by atoms with Crippen molar-refractivity contribution in [2.24, 2.45) is 23.7 Å². The molecule has 0 aromatic heterocycles. The average molecular weight is 998 g/mol. The van der Waals surface area contributed by atoms with Gasteiger partial charge in [-0.05, 0) is 119 Å². The number of esters is 3. The van der Waals surface area contributed by atoms with Crippen LogP contribution >= 0.6 is 0 Å². The minimum atomic E-state index is -1.65. The summed E-state index contributed by atoms with van der Waals surface area (Å²) in [6.45, 7) is 22.4. The van der Waals surface area contributed by atoms with E-state index < -0.39 is 114 Å². The maximum atomic E-state index is 15.0. The second kappa shape index (κ2) is 22.9. The molecule has 0 saturated carbocycles. The second-order valence-electron chi connectivity index (χ2n) is 21.9. The number of ether oxygens (including phenoxy) is 11. The van der Waals surface area contributed by atoms with Crippen LogP contribution in [-0.4, -0.2) is 152 Å². The highest BCUT2D eigenvalue weighted by atomic mass is 16.7. The molecular weight excluding hydrogens is 915 g/mol. The van der Waals surface area contributed by atoms with Gasteiger partial charge in [-0.25, -0.2) is 9.59 Å². The molecule has 4 saturated heterocycles. The predicted molar refractivity (Wildman–Crippen MR) is 263 cm³/mol. The van der Waals surface area contributed by atoms with E-state index in [4.69, 9.17) is 52.1 Å². The number of fused-ring (bicyclic) bond motifs is 2. The molecule has 4 heterocycles. The van der Waals surface area contributed by atoms with Crippen molar-refractivity contribution in [2.45, 2.75) is 205 Å². The highest BCUT2D eigenvalue weighted by molar-refractivity contribution is 5.90. The van der Waals surface area contributed by atoms with Gasteiger partial charge in [-0.15, -0.1) is 0 Å². The van der Waals surface area contributed by atoms with E-state index in [-0.39, 0.29) is 36.8 Å². The van der Waals surface area contributed by atoms with Crippen LogP contribution in [0.5, 0.6) is 0 Å². The molecule has 16 heteroatoms. The van der Waals surface area contributed by atoms with E-state index >= 15 is 0 Å². The van der Waals surface area contributed by atoms with E-state index in [9.17, 15) is 19.5 Å². The van der Waals surface area contributed by atoms with Gasteiger partial charge in [0, 0.05) is 32.5 Å². The van der Waals surface area contributed by atoms with E-state index in [0.29, 0.717) is 24.0 Å². The molecule has 1 N–H and O–H groups in total. The van der Waals surface area contributed by atoms with Crippen LogP contribution in [0.3, 0.4) is 0 Å². The number of carbonyl (C=O) groups excluding carboxylic acids is 3. The molecule has 2 aromatic carbocycles. The Hall–Kier alpha value is -3.55. The Morgan fingerprint density at radius 3 is 1.85 bits per heavy atom. The third-order valence-electron chi connectivity index (χ3n) is 15.7. The van der Waals surface area contributed by atoms with Crippen molar-refractivity contribution in [2.75, 3.05) is 28.3 Å². The van der Waals surface area contributed by atoms with Crippen molar-refractivity contribution >= 4 is 17.9 Å². The zero-order valence-electron chi connectivity index (χ0n) is 44.9. The topological polar surface area (TPSA) is 176 Å². The molecule has 398 valence electrons. The van der Waals surface area contributed by atoms with Crippen LogP contribution in [0.4, 0.5) is 0 Å². The number of benzene rings is 2. The first-order valence-electron chi connectivity index (χ1n) is 25.5. The molecule has 71 heavy (non-hydrogen) atoms. The van der Waals surface area contributed by atoms with Gasteiger partial charge in [-0.2, -0.15) is 0 Å². The zero-order chi connectivity index (χ0) is 52.4. The van der Waals surface area contributed by atoms with Gasteiger partial charge in [0.15, 0.2) is 30.6 Å². The maximum absolute atomic E-state index is 15.0. The summed E-state index contributed by atoms with van der Waals surface area (Å²) < 4.78 is 72.9. The number of likely N-dealkylation sites (N-methyl/N-ethyl adjacent to an activating group) is 1. The molecule has 0 aliphatic carbocycles. The highest BCUT2D eigenvalue weighted by Crippen LogP contribution is 2.46. The van der Waals surface area contributed by atoms with Crippen molar-refractivity contribution in [1.82, 2.24) is 4.90 Å². The molecule has 6 rings (SSSR count). The standard InChI is InChI=1S/C55H83NO15/c1-17-40-55(12,60)46-33(4)42(70-52(8,9)71-46)31(2)29-53(10,61-15)45(69-51-44(39(56(13)14)28-32(3)63-51)67-49(58)37-24-20-18-21-25-37)34(5)43(35(6)48(57)65-40)66-41-30-54(11,62-16)47(36(7)64-41)68-50(59)38-26-22-19-23-27-38/h18-27,31-36,39-47,51,60H,17,28-30H2,1-16H3/t31-,32-,33+,34+,35-,36+,39+,40-,41?,42+,43+,44-,45-,46-,47+,51?,53-,54-,55-/m1/s1. The van der Waals surface area contributed by atoms with Gasteiger partial charge in [0.1, 0.15) is 17.3 Å². The number of carbonyl (C=O) groups is 3. The van der Waals surface area contributed by atoms with Crippen molar-refractivity contribution in [3.8, 4) is 0 Å². The Bertz CT molecular complexity index is 2070. The molecule has 4 aliphatic heterocycles. The molecular formula is C55H83NO15.